The highest BCUT2D eigenvalue weighted by Gasteiger charge is 2.33. The van der Waals surface area contributed by atoms with Gasteiger partial charge in [-0.05, 0) is 24.0 Å². The van der Waals surface area contributed by atoms with E-state index in [2.05, 4.69) is 19.7 Å². The second kappa shape index (κ2) is 6.37. The van der Waals surface area contributed by atoms with Gasteiger partial charge in [-0.2, -0.15) is 0 Å². The minimum absolute atomic E-state index is 0.276. The van der Waals surface area contributed by atoms with Crippen LogP contribution in [0.3, 0.4) is 0 Å². The monoisotopic (exact) mass is 318 g/mol. The molecule has 9 heteroatoms. The maximum absolute atomic E-state index is 12.5. The Morgan fingerprint density at radius 3 is 2.71 bits per heavy atom. The van der Waals surface area contributed by atoms with Crippen molar-refractivity contribution in [2.75, 3.05) is 0 Å². The third-order valence-corrected chi connectivity index (χ3v) is 3.64. The number of hydrogen-bond acceptors (Lipinski definition) is 6. The van der Waals surface area contributed by atoms with Crippen molar-refractivity contribution in [2.45, 2.75) is 25.7 Å². The SMILES string of the molecule is CCc1nnsc1C(NN)c1ccccc1OC(F)(F)F. The number of nitrogens with two attached hydrogens (primary N) is 1. The van der Waals surface area contributed by atoms with E-state index in [1.54, 1.807) is 6.07 Å². The first-order valence-electron chi connectivity index (χ1n) is 6.08. The minimum atomic E-state index is -4.77. The molecule has 0 spiro atoms. The van der Waals surface area contributed by atoms with Crippen molar-refractivity contribution in [2.24, 2.45) is 5.84 Å². The molecule has 0 saturated heterocycles. The Labute approximate surface area is 123 Å². The van der Waals surface area contributed by atoms with Gasteiger partial charge in [0.15, 0.2) is 0 Å². The van der Waals surface area contributed by atoms with E-state index in [1.807, 2.05) is 6.92 Å². The molecule has 5 nitrogen and oxygen atoms in total. The van der Waals surface area contributed by atoms with Gasteiger partial charge in [-0.1, -0.05) is 29.6 Å². The number of hydrogen-bond donors (Lipinski definition) is 2. The molecule has 0 saturated carbocycles. The molecule has 2 rings (SSSR count). The molecule has 21 heavy (non-hydrogen) atoms. The fraction of sp³-hybridized carbons (Fsp3) is 0.333. The van der Waals surface area contributed by atoms with E-state index in [-0.39, 0.29) is 11.3 Å². The van der Waals surface area contributed by atoms with Gasteiger partial charge in [0, 0.05) is 5.56 Å². The molecule has 1 heterocycles. The Morgan fingerprint density at radius 1 is 1.38 bits per heavy atom. The van der Waals surface area contributed by atoms with Gasteiger partial charge in [0.1, 0.15) is 5.75 Å². The molecule has 1 unspecified atom stereocenters. The molecular weight excluding hydrogens is 305 g/mol. The summed E-state index contributed by atoms with van der Waals surface area (Å²) in [5, 5.41) is 3.94. The molecule has 0 bridgehead atoms. The van der Waals surface area contributed by atoms with Crippen LogP contribution in [0.25, 0.3) is 0 Å². The van der Waals surface area contributed by atoms with Crippen molar-refractivity contribution >= 4 is 11.5 Å². The van der Waals surface area contributed by atoms with E-state index in [4.69, 9.17) is 5.84 Å². The van der Waals surface area contributed by atoms with Crippen LogP contribution in [-0.2, 0) is 6.42 Å². The van der Waals surface area contributed by atoms with Crippen molar-refractivity contribution in [1.82, 2.24) is 15.0 Å². The molecule has 0 aliphatic carbocycles. The standard InChI is InChI=1S/C12H13F3N4OS/c1-2-8-11(21-19-18-8)10(17-16)7-5-3-4-6-9(7)20-12(13,14)15/h3-6,10,17H,2,16H2,1H3. The van der Waals surface area contributed by atoms with Crippen LogP contribution in [-0.4, -0.2) is 15.9 Å². The fourth-order valence-corrected chi connectivity index (χ4v) is 2.74. The lowest BCUT2D eigenvalue weighted by atomic mass is 10.0. The second-order valence-electron chi connectivity index (χ2n) is 4.12. The number of nitrogens with one attached hydrogen (secondary N) is 1. The van der Waals surface area contributed by atoms with Crippen LogP contribution < -0.4 is 16.0 Å². The molecule has 114 valence electrons. The predicted molar refractivity (Wildman–Crippen MR) is 71.6 cm³/mol. The quantitative estimate of drug-likeness (QED) is 0.655. The summed E-state index contributed by atoms with van der Waals surface area (Å²) in [7, 11) is 0. The molecule has 0 fully saturated rings. The highest BCUT2D eigenvalue weighted by atomic mass is 32.1. The van der Waals surface area contributed by atoms with Crippen LogP contribution >= 0.6 is 11.5 Å². The number of alkyl halides is 3. The smallest absolute Gasteiger partial charge is 0.405 e. The zero-order chi connectivity index (χ0) is 15.5. The third kappa shape index (κ3) is 3.69. The van der Waals surface area contributed by atoms with Gasteiger partial charge in [0.25, 0.3) is 0 Å². The molecular formula is C12H13F3N4OS. The van der Waals surface area contributed by atoms with E-state index in [9.17, 15) is 13.2 Å². The molecule has 1 atom stereocenters. The van der Waals surface area contributed by atoms with Gasteiger partial charge in [0.2, 0.25) is 0 Å². The molecule has 1 aromatic heterocycles. The normalized spacial score (nSPS) is 13.2. The topological polar surface area (TPSA) is 73.1 Å². The molecule has 2 aromatic rings. The number of para-hydroxylation sites is 1. The van der Waals surface area contributed by atoms with Crippen molar-refractivity contribution in [3.05, 3.63) is 40.4 Å². The third-order valence-electron chi connectivity index (χ3n) is 2.80. The van der Waals surface area contributed by atoms with Crippen molar-refractivity contribution < 1.29 is 17.9 Å². The van der Waals surface area contributed by atoms with Gasteiger partial charge in [0.05, 0.1) is 16.6 Å². The lowest BCUT2D eigenvalue weighted by molar-refractivity contribution is -0.275. The van der Waals surface area contributed by atoms with Crippen LogP contribution in [0.2, 0.25) is 0 Å². The molecule has 3 N–H and O–H groups in total. The van der Waals surface area contributed by atoms with Crippen LogP contribution in [0.5, 0.6) is 5.75 Å². The Morgan fingerprint density at radius 2 is 2.10 bits per heavy atom. The van der Waals surface area contributed by atoms with Crippen LogP contribution in [0, 0.1) is 0 Å². The lowest BCUT2D eigenvalue weighted by Crippen LogP contribution is -2.30. The van der Waals surface area contributed by atoms with E-state index in [0.29, 0.717) is 17.0 Å². The van der Waals surface area contributed by atoms with Crippen LogP contribution in [0.1, 0.15) is 29.1 Å². The van der Waals surface area contributed by atoms with Crippen LogP contribution in [0.4, 0.5) is 13.2 Å². The predicted octanol–water partition coefficient (Wildman–Crippen LogP) is 2.55. The van der Waals surface area contributed by atoms with Gasteiger partial charge >= 0.3 is 6.36 Å². The van der Waals surface area contributed by atoms with E-state index in [1.165, 1.54) is 18.2 Å². The first kappa shape index (κ1) is 15.7. The maximum atomic E-state index is 12.5. The van der Waals surface area contributed by atoms with E-state index in [0.717, 1.165) is 11.5 Å². The molecule has 0 aliphatic heterocycles. The Hall–Kier alpha value is -1.71. The Kier molecular flexibility index (Phi) is 4.76. The van der Waals surface area contributed by atoms with E-state index >= 15 is 0 Å². The van der Waals surface area contributed by atoms with Gasteiger partial charge < -0.3 is 4.74 Å². The minimum Gasteiger partial charge on any atom is -0.405 e. The van der Waals surface area contributed by atoms with Crippen molar-refractivity contribution in [3.63, 3.8) is 0 Å². The largest absolute Gasteiger partial charge is 0.573 e. The molecule has 0 amide bonds. The maximum Gasteiger partial charge on any atom is 0.573 e. The second-order valence-corrected chi connectivity index (χ2v) is 4.91. The number of rotatable bonds is 5. The number of ether oxygens (including phenoxy) is 1. The Bertz CT molecular complexity index is 602. The van der Waals surface area contributed by atoms with Crippen LogP contribution in [0.15, 0.2) is 24.3 Å². The zero-order valence-electron chi connectivity index (χ0n) is 11.0. The number of aryl methyl sites for hydroxylation is 1. The van der Waals surface area contributed by atoms with Gasteiger partial charge in [-0.25, -0.2) is 5.43 Å². The summed E-state index contributed by atoms with van der Waals surface area (Å²) in [4.78, 5) is 0.665. The highest BCUT2D eigenvalue weighted by Crippen LogP contribution is 2.35. The average molecular weight is 318 g/mol. The average Bonchev–Trinajstić information content (AvgIpc) is 2.88. The van der Waals surface area contributed by atoms with Gasteiger partial charge in [-0.3, -0.25) is 5.84 Å². The highest BCUT2D eigenvalue weighted by molar-refractivity contribution is 7.05. The number of halogens is 3. The first-order chi connectivity index (χ1) is 9.96. The summed E-state index contributed by atoms with van der Waals surface area (Å²) in [5.41, 5.74) is 3.47. The number of nitrogens with zero attached hydrogens (tertiary/aromatic N) is 2. The summed E-state index contributed by atoms with van der Waals surface area (Å²) in [6.07, 6.45) is -4.17. The number of hydrazine groups is 1. The van der Waals surface area contributed by atoms with Crippen molar-refractivity contribution in [1.29, 1.82) is 0 Å². The summed E-state index contributed by atoms with van der Waals surface area (Å²) in [5.74, 6) is 5.21. The fourth-order valence-electron chi connectivity index (χ4n) is 1.92. The summed E-state index contributed by atoms with van der Waals surface area (Å²) >= 11 is 1.09. The summed E-state index contributed by atoms with van der Waals surface area (Å²) in [6, 6.07) is 5.17. The molecule has 0 aliphatic rings. The lowest BCUT2D eigenvalue weighted by Gasteiger charge is -2.19. The molecule has 0 radical (unpaired) electrons. The van der Waals surface area contributed by atoms with Gasteiger partial charge in [-0.15, -0.1) is 18.3 Å². The Balaban J connectivity index is 2.43. The van der Waals surface area contributed by atoms with Crippen molar-refractivity contribution in [3.8, 4) is 5.75 Å². The molecule has 1 aromatic carbocycles. The number of aromatic nitrogens is 2. The first-order valence-corrected chi connectivity index (χ1v) is 6.85. The summed E-state index contributed by atoms with van der Waals surface area (Å²) in [6.45, 7) is 1.88. The zero-order valence-corrected chi connectivity index (χ0v) is 11.8. The summed E-state index contributed by atoms with van der Waals surface area (Å²) < 4.78 is 45.3. The number of benzene rings is 1. The van der Waals surface area contributed by atoms with E-state index < -0.39 is 12.4 Å².